The summed E-state index contributed by atoms with van der Waals surface area (Å²) >= 11 is 0. The number of hydrogen-bond donors (Lipinski definition) is 2. The molecule has 2 heterocycles. The number of anilines is 1. The van der Waals surface area contributed by atoms with Gasteiger partial charge in [-0.3, -0.25) is 4.79 Å². The molecule has 0 atom stereocenters. The Bertz CT molecular complexity index is 877. The number of nitrogens with zero attached hydrogens (tertiary/aromatic N) is 1. The largest absolute Gasteiger partial charge is 0.493 e. The predicted molar refractivity (Wildman–Crippen MR) is 101 cm³/mol. The quantitative estimate of drug-likeness (QED) is 0.636. The lowest BCUT2D eigenvalue weighted by Crippen LogP contribution is -2.23. The Morgan fingerprint density at radius 1 is 1.07 bits per heavy atom. The Hall–Kier alpha value is -3.48. The van der Waals surface area contributed by atoms with E-state index in [4.69, 9.17) is 13.9 Å². The molecule has 0 bridgehead atoms. The smallest absolute Gasteiger partial charge is 0.270 e. The van der Waals surface area contributed by atoms with Crippen molar-refractivity contribution in [3.63, 3.8) is 0 Å². The highest BCUT2D eigenvalue weighted by Crippen LogP contribution is 2.27. The zero-order chi connectivity index (χ0) is 19.1. The third-order valence-corrected chi connectivity index (χ3v) is 3.94. The molecule has 2 aromatic heterocycles. The van der Waals surface area contributed by atoms with Crippen molar-refractivity contribution >= 4 is 11.6 Å². The average Bonchev–Trinajstić information content (AvgIpc) is 3.24. The highest BCUT2D eigenvalue weighted by molar-refractivity contribution is 5.92. The van der Waals surface area contributed by atoms with Crippen LogP contribution in [0.5, 0.6) is 11.5 Å². The third-order valence-electron chi connectivity index (χ3n) is 3.94. The second kappa shape index (κ2) is 8.75. The summed E-state index contributed by atoms with van der Waals surface area (Å²) in [6, 6.07) is 12.7. The number of amides is 1. The van der Waals surface area contributed by atoms with Crippen molar-refractivity contribution < 1.29 is 18.7 Å². The van der Waals surface area contributed by atoms with Crippen molar-refractivity contribution in [2.24, 2.45) is 0 Å². The maximum atomic E-state index is 12.3. The SMILES string of the molecule is COc1ccc(CNC(=O)c2ccc(NCc3ccco3)cn2)cc1OC. The molecule has 0 radical (unpaired) electrons. The Kier molecular flexibility index (Phi) is 5.94. The fourth-order valence-corrected chi connectivity index (χ4v) is 2.50. The maximum absolute atomic E-state index is 12.3. The van der Waals surface area contributed by atoms with E-state index in [2.05, 4.69) is 15.6 Å². The molecule has 0 spiro atoms. The minimum absolute atomic E-state index is 0.248. The molecule has 7 heteroatoms. The fourth-order valence-electron chi connectivity index (χ4n) is 2.50. The first-order valence-electron chi connectivity index (χ1n) is 8.41. The molecule has 7 nitrogen and oxygen atoms in total. The van der Waals surface area contributed by atoms with E-state index in [1.165, 1.54) is 0 Å². The lowest BCUT2D eigenvalue weighted by Gasteiger charge is -2.10. The zero-order valence-corrected chi connectivity index (χ0v) is 15.2. The van der Waals surface area contributed by atoms with Gasteiger partial charge in [0.15, 0.2) is 11.5 Å². The summed E-state index contributed by atoms with van der Waals surface area (Å²) in [6.45, 7) is 0.916. The Morgan fingerprint density at radius 3 is 2.59 bits per heavy atom. The molecule has 1 aromatic carbocycles. The number of rotatable bonds is 8. The molecule has 27 heavy (non-hydrogen) atoms. The summed E-state index contributed by atoms with van der Waals surface area (Å²) in [5, 5.41) is 6.03. The van der Waals surface area contributed by atoms with Crippen LogP contribution in [0.25, 0.3) is 0 Å². The summed E-state index contributed by atoms with van der Waals surface area (Å²) in [4.78, 5) is 16.5. The van der Waals surface area contributed by atoms with Crippen LogP contribution >= 0.6 is 0 Å². The van der Waals surface area contributed by atoms with Crippen molar-refractivity contribution in [2.75, 3.05) is 19.5 Å². The summed E-state index contributed by atoms with van der Waals surface area (Å²) in [5.41, 5.74) is 2.06. The monoisotopic (exact) mass is 367 g/mol. The van der Waals surface area contributed by atoms with Gasteiger partial charge in [-0.2, -0.15) is 0 Å². The topological polar surface area (TPSA) is 85.6 Å². The molecule has 1 amide bonds. The number of methoxy groups -OCH3 is 2. The van der Waals surface area contributed by atoms with Gasteiger partial charge in [-0.25, -0.2) is 4.98 Å². The highest BCUT2D eigenvalue weighted by Gasteiger charge is 2.09. The van der Waals surface area contributed by atoms with Gasteiger partial charge in [-0.05, 0) is 42.0 Å². The van der Waals surface area contributed by atoms with Crippen molar-refractivity contribution in [2.45, 2.75) is 13.1 Å². The van der Waals surface area contributed by atoms with Crippen LogP contribution in [-0.2, 0) is 13.1 Å². The van der Waals surface area contributed by atoms with Gasteiger partial charge >= 0.3 is 0 Å². The van der Waals surface area contributed by atoms with Crippen LogP contribution in [0.2, 0.25) is 0 Å². The van der Waals surface area contributed by atoms with E-state index in [0.29, 0.717) is 30.3 Å². The van der Waals surface area contributed by atoms with Gasteiger partial charge in [0.25, 0.3) is 5.91 Å². The number of carbonyl (C=O) groups is 1. The molecule has 0 saturated heterocycles. The van der Waals surface area contributed by atoms with Crippen LogP contribution in [0.15, 0.2) is 59.3 Å². The molecule has 0 saturated carbocycles. The number of benzene rings is 1. The normalized spacial score (nSPS) is 10.3. The standard InChI is InChI=1S/C20H21N3O4/c1-25-18-8-5-14(10-19(18)26-2)11-23-20(24)17-7-6-15(12-22-17)21-13-16-4-3-9-27-16/h3-10,12,21H,11,13H2,1-2H3,(H,23,24). The van der Waals surface area contributed by atoms with Crippen LogP contribution in [0.1, 0.15) is 21.8 Å². The van der Waals surface area contributed by atoms with Gasteiger partial charge in [-0.1, -0.05) is 6.07 Å². The first kappa shape index (κ1) is 18.3. The third kappa shape index (κ3) is 4.78. The highest BCUT2D eigenvalue weighted by atomic mass is 16.5. The second-order valence-corrected chi connectivity index (χ2v) is 5.74. The van der Waals surface area contributed by atoms with E-state index in [-0.39, 0.29) is 5.91 Å². The lowest BCUT2D eigenvalue weighted by atomic mass is 10.2. The van der Waals surface area contributed by atoms with E-state index in [0.717, 1.165) is 17.0 Å². The molecule has 0 aliphatic rings. The Morgan fingerprint density at radius 2 is 1.93 bits per heavy atom. The molecule has 2 N–H and O–H groups in total. The molecule has 3 rings (SSSR count). The second-order valence-electron chi connectivity index (χ2n) is 5.74. The lowest BCUT2D eigenvalue weighted by molar-refractivity contribution is 0.0946. The summed E-state index contributed by atoms with van der Waals surface area (Å²) in [7, 11) is 3.16. The van der Waals surface area contributed by atoms with E-state index in [1.807, 2.05) is 24.3 Å². The first-order valence-corrected chi connectivity index (χ1v) is 8.41. The van der Waals surface area contributed by atoms with Crippen molar-refractivity contribution in [3.05, 3.63) is 71.9 Å². The molecule has 0 aliphatic heterocycles. The fraction of sp³-hybridized carbons (Fsp3) is 0.200. The van der Waals surface area contributed by atoms with Crippen molar-refractivity contribution in [1.82, 2.24) is 10.3 Å². The van der Waals surface area contributed by atoms with Gasteiger partial charge < -0.3 is 24.5 Å². The van der Waals surface area contributed by atoms with Crippen LogP contribution < -0.4 is 20.1 Å². The van der Waals surface area contributed by atoms with Gasteiger partial charge in [0.2, 0.25) is 0 Å². The van der Waals surface area contributed by atoms with Gasteiger partial charge in [0.1, 0.15) is 11.5 Å². The molecule has 0 aliphatic carbocycles. The van der Waals surface area contributed by atoms with Crippen molar-refractivity contribution in [3.8, 4) is 11.5 Å². The number of nitrogens with one attached hydrogen (secondary N) is 2. The summed E-state index contributed by atoms with van der Waals surface area (Å²) in [6.07, 6.45) is 3.25. The molecule has 140 valence electrons. The number of furan rings is 1. The molecular weight excluding hydrogens is 346 g/mol. The summed E-state index contributed by atoms with van der Waals surface area (Å²) < 4.78 is 15.7. The molecule has 0 fully saturated rings. The minimum atomic E-state index is -0.248. The van der Waals surface area contributed by atoms with E-state index < -0.39 is 0 Å². The molecular formula is C20H21N3O4. The van der Waals surface area contributed by atoms with Crippen LogP contribution in [-0.4, -0.2) is 25.1 Å². The molecule has 3 aromatic rings. The number of hydrogen-bond acceptors (Lipinski definition) is 6. The Labute approximate surface area is 157 Å². The average molecular weight is 367 g/mol. The molecule has 0 unspecified atom stereocenters. The van der Waals surface area contributed by atoms with E-state index in [1.54, 1.807) is 44.9 Å². The number of pyridine rings is 1. The number of carbonyl (C=O) groups excluding carboxylic acids is 1. The maximum Gasteiger partial charge on any atom is 0.270 e. The van der Waals surface area contributed by atoms with Crippen LogP contribution in [0.3, 0.4) is 0 Å². The van der Waals surface area contributed by atoms with Gasteiger partial charge in [0, 0.05) is 6.54 Å². The van der Waals surface area contributed by atoms with Gasteiger partial charge in [0.05, 0.1) is 38.9 Å². The van der Waals surface area contributed by atoms with Crippen LogP contribution in [0, 0.1) is 0 Å². The minimum Gasteiger partial charge on any atom is -0.493 e. The van der Waals surface area contributed by atoms with E-state index >= 15 is 0 Å². The van der Waals surface area contributed by atoms with Crippen molar-refractivity contribution in [1.29, 1.82) is 0 Å². The zero-order valence-electron chi connectivity index (χ0n) is 15.2. The number of ether oxygens (including phenoxy) is 2. The predicted octanol–water partition coefficient (Wildman–Crippen LogP) is 3.23. The van der Waals surface area contributed by atoms with Gasteiger partial charge in [-0.15, -0.1) is 0 Å². The number of aromatic nitrogens is 1. The Balaban J connectivity index is 1.54. The first-order chi connectivity index (χ1) is 13.2. The van der Waals surface area contributed by atoms with E-state index in [9.17, 15) is 4.79 Å². The van der Waals surface area contributed by atoms with Crippen LogP contribution in [0.4, 0.5) is 5.69 Å². The summed E-state index contributed by atoms with van der Waals surface area (Å²) in [5.74, 6) is 1.84.